The molecular formula is C16H18O. The highest BCUT2D eigenvalue weighted by atomic mass is 16.1. The van der Waals surface area contributed by atoms with Gasteiger partial charge >= 0.3 is 0 Å². The molecule has 0 aliphatic heterocycles. The van der Waals surface area contributed by atoms with E-state index in [4.69, 9.17) is 0 Å². The van der Waals surface area contributed by atoms with Crippen molar-refractivity contribution in [1.29, 1.82) is 0 Å². The Morgan fingerprint density at radius 3 is 2.29 bits per heavy atom. The molecule has 3 aliphatic carbocycles. The first kappa shape index (κ1) is 10.8. The highest BCUT2D eigenvalue weighted by Gasteiger charge is 2.43. The molecule has 1 aromatic carbocycles. The zero-order valence-electron chi connectivity index (χ0n) is 10.2. The largest absolute Gasteiger partial charge is 0.300 e. The summed E-state index contributed by atoms with van der Waals surface area (Å²) >= 11 is 0. The van der Waals surface area contributed by atoms with Crippen molar-refractivity contribution in [3.8, 4) is 0 Å². The van der Waals surface area contributed by atoms with Crippen LogP contribution in [0, 0.1) is 17.8 Å². The maximum atomic E-state index is 11.9. The maximum absolute atomic E-state index is 11.9. The van der Waals surface area contributed by atoms with E-state index in [0.717, 1.165) is 0 Å². The van der Waals surface area contributed by atoms with Crippen LogP contribution in [0.5, 0.6) is 0 Å². The molecule has 17 heavy (non-hydrogen) atoms. The van der Waals surface area contributed by atoms with Gasteiger partial charge in [0.1, 0.15) is 5.78 Å². The lowest BCUT2D eigenvalue weighted by Gasteiger charge is -2.44. The Morgan fingerprint density at radius 2 is 1.71 bits per heavy atom. The number of rotatable bonds is 2. The summed E-state index contributed by atoms with van der Waals surface area (Å²) < 4.78 is 0. The Balaban J connectivity index is 2.02. The Labute approximate surface area is 103 Å². The number of hydrogen-bond donors (Lipinski definition) is 0. The lowest BCUT2D eigenvalue weighted by atomic mass is 9.59. The van der Waals surface area contributed by atoms with E-state index < -0.39 is 0 Å². The third kappa shape index (κ3) is 1.74. The molecule has 0 spiro atoms. The van der Waals surface area contributed by atoms with Crippen molar-refractivity contribution in [2.24, 2.45) is 17.8 Å². The summed E-state index contributed by atoms with van der Waals surface area (Å²) in [5.41, 5.74) is 1.34. The molecule has 1 saturated carbocycles. The molecule has 0 N–H and O–H groups in total. The second kappa shape index (κ2) is 4.14. The zero-order chi connectivity index (χ0) is 11.8. The van der Waals surface area contributed by atoms with Gasteiger partial charge in [0.2, 0.25) is 0 Å². The fourth-order valence-corrected chi connectivity index (χ4v) is 3.68. The molecule has 0 saturated heterocycles. The number of Topliss-reactive ketones (excluding diaryl/α,β-unsaturated/α-hetero) is 1. The predicted molar refractivity (Wildman–Crippen MR) is 68.7 cm³/mol. The van der Waals surface area contributed by atoms with Gasteiger partial charge in [0.15, 0.2) is 0 Å². The van der Waals surface area contributed by atoms with Crippen LogP contribution in [0.25, 0.3) is 0 Å². The van der Waals surface area contributed by atoms with Gasteiger partial charge in [0, 0.05) is 11.8 Å². The molecule has 4 rings (SSSR count). The molecule has 88 valence electrons. The molecule has 3 aliphatic rings. The van der Waals surface area contributed by atoms with Crippen molar-refractivity contribution in [3.63, 3.8) is 0 Å². The standard InChI is InChI=1S/C16H18O/c1-11(17)15-13-7-9-14(10-8-13)16(15)12-5-3-2-4-6-12/h2-7,9,13-16H,8,10H2,1H3/t13-,14+,15-,16+/m1/s1. The van der Waals surface area contributed by atoms with Crippen molar-refractivity contribution in [2.75, 3.05) is 0 Å². The van der Waals surface area contributed by atoms with Gasteiger partial charge in [-0.15, -0.1) is 0 Å². The second-order valence-electron chi connectivity index (χ2n) is 5.36. The summed E-state index contributed by atoms with van der Waals surface area (Å²) in [6.45, 7) is 1.76. The van der Waals surface area contributed by atoms with Crippen molar-refractivity contribution < 1.29 is 4.79 Å². The second-order valence-corrected chi connectivity index (χ2v) is 5.36. The summed E-state index contributed by atoms with van der Waals surface area (Å²) in [6, 6.07) is 10.6. The minimum atomic E-state index is 0.209. The summed E-state index contributed by atoms with van der Waals surface area (Å²) in [5.74, 6) is 2.02. The Bertz CT molecular complexity index is 446. The molecule has 2 bridgehead atoms. The number of hydrogen-bond acceptors (Lipinski definition) is 1. The van der Waals surface area contributed by atoms with Crippen LogP contribution in [-0.4, -0.2) is 5.78 Å². The fourth-order valence-electron chi connectivity index (χ4n) is 3.68. The van der Waals surface area contributed by atoms with Crippen molar-refractivity contribution in [2.45, 2.75) is 25.7 Å². The number of benzene rings is 1. The number of ketones is 1. The van der Waals surface area contributed by atoms with Crippen LogP contribution >= 0.6 is 0 Å². The number of allylic oxidation sites excluding steroid dienone is 2. The van der Waals surface area contributed by atoms with Crippen LogP contribution in [0.15, 0.2) is 42.5 Å². The lowest BCUT2D eigenvalue weighted by molar-refractivity contribution is -0.124. The van der Waals surface area contributed by atoms with Gasteiger partial charge in [0.25, 0.3) is 0 Å². The van der Waals surface area contributed by atoms with Gasteiger partial charge in [0.05, 0.1) is 0 Å². The third-order valence-electron chi connectivity index (χ3n) is 4.40. The maximum Gasteiger partial charge on any atom is 0.134 e. The highest BCUT2D eigenvalue weighted by Crippen LogP contribution is 2.50. The summed E-state index contributed by atoms with van der Waals surface area (Å²) in [4.78, 5) is 11.9. The molecule has 0 heterocycles. The van der Waals surface area contributed by atoms with E-state index in [9.17, 15) is 4.79 Å². The van der Waals surface area contributed by atoms with Crippen LogP contribution in [0.2, 0.25) is 0 Å². The van der Waals surface area contributed by atoms with Crippen LogP contribution < -0.4 is 0 Å². The monoisotopic (exact) mass is 226 g/mol. The van der Waals surface area contributed by atoms with Crippen molar-refractivity contribution in [3.05, 3.63) is 48.0 Å². The fraction of sp³-hybridized carbons (Fsp3) is 0.438. The van der Waals surface area contributed by atoms with Gasteiger partial charge in [-0.3, -0.25) is 4.79 Å². The predicted octanol–water partition coefficient (Wildman–Crippen LogP) is 3.57. The van der Waals surface area contributed by atoms with Crippen LogP contribution in [0.3, 0.4) is 0 Å². The average Bonchev–Trinajstić information content (AvgIpc) is 2.40. The van der Waals surface area contributed by atoms with E-state index in [0.29, 0.717) is 23.5 Å². The van der Waals surface area contributed by atoms with Gasteiger partial charge in [-0.2, -0.15) is 0 Å². The normalized spacial score (nSPS) is 34.9. The summed E-state index contributed by atoms with van der Waals surface area (Å²) in [5, 5.41) is 0. The van der Waals surface area contributed by atoms with E-state index in [1.165, 1.54) is 18.4 Å². The number of fused-ring (bicyclic) bond motifs is 2. The SMILES string of the molecule is CC(=O)[C@H]1[C@@H](c2ccccc2)[C@H]2C=C[C@@H]1CC2. The quantitative estimate of drug-likeness (QED) is 0.704. The lowest BCUT2D eigenvalue weighted by Crippen LogP contribution is -2.38. The molecule has 0 unspecified atom stereocenters. The van der Waals surface area contributed by atoms with Crippen molar-refractivity contribution >= 4 is 5.78 Å². The number of carbonyl (C=O) groups is 1. The van der Waals surface area contributed by atoms with Crippen molar-refractivity contribution in [1.82, 2.24) is 0 Å². The first-order chi connectivity index (χ1) is 8.27. The Hall–Kier alpha value is -1.37. The molecule has 1 aromatic rings. The molecule has 0 aromatic heterocycles. The van der Waals surface area contributed by atoms with E-state index in [-0.39, 0.29) is 5.92 Å². The Kier molecular flexibility index (Phi) is 2.62. The average molecular weight is 226 g/mol. The molecule has 1 fully saturated rings. The first-order valence-corrected chi connectivity index (χ1v) is 6.51. The van der Waals surface area contributed by atoms with Crippen LogP contribution in [0.4, 0.5) is 0 Å². The van der Waals surface area contributed by atoms with E-state index in [1.807, 2.05) is 6.07 Å². The summed E-state index contributed by atoms with van der Waals surface area (Å²) in [6.07, 6.45) is 7.05. The minimum absolute atomic E-state index is 0.209. The first-order valence-electron chi connectivity index (χ1n) is 6.51. The summed E-state index contributed by atoms with van der Waals surface area (Å²) in [7, 11) is 0. The van der Waals surface area contributed by atoms with E-state index in [1.54, 1.807) is 6.92 Å². The molecule has 1 nitrogen and oxygen atoms in total. The van der Waals surface area contributed by atoms with Gasteiger partial charge < -0.3 is 0 Å². The highest BCUT2D eigenvalue weighted by molar-refractivity contribution is 5.80. The van der Waals surface area contributed by atoms with Gasteiger partial charge in [-0.25, -0.2) is 0 Å². The number of carbonyl (C=O) groups excluding carboxylic acids is 1. The minimum Gasteiger partial charge on any atom is -0.300 e. The molecule has 0 amide bonds. The van der Waals surface area contributed by atoms with E-state index >= 15 is 0 Å². The molecule has 4 atom stereocenters. The van der Waals surface area contributed by atoms with Gasteiger partial charge in [-0.05, 0) is 37.2 Å². The molecule has 1 heteroatoms. The third-order valence-corrected chi connectivity index (χ3v) is 4.40. The zero-order valence-corrected chi connectivity index (χ0v) is 10.2. The Morgan fingerprint density at radius 1 is 1.06 bits per heavy atom. The smallest absolute Gasteiger partial charge is 0.134 e. The van der Waals surface area contributed by atoms with E-state index in [2.05, 4.69) is 36.4 Å². The van der Waals surface area contributed by atoms with Crippen LogP contribution in [-0.2, 0) is 4.79 Å². The topological polar surface area (TPSA) is 17.1 Å². The van der Waals surface area contributed by atoms with Gasteiger partial charge in [-0.1, -0.05) is 42.5 Å². The molecule has 0 radical (unpaired) electrons. The molecular weight excluding hydrogens is 208 g/mol. The van der Waals surface area contributed by atoms with Crippen LogP contribution in [0.1, 0.15) is 31.2 Å².